The van der Waals surface area contributed by atoms with Crippen LogP contribution in [-0.2, 0) is 42.7 Å². The molecule has 0 aromatic heterocycles. The van der Waals surface area contributed by atoms with E-state index in [1.807, 2.05) is 13.8 Å². The lowest BCUT2D eigenvalue weighted by atomic mass is 9.42. The zero-order valence-corrected chi connectivity index (χ0v) is 41.3. The topological polar surface area (TPSA) is 334 Å². The standard InChI is InChI=1S/C49H78O21/c1-20(40(60)63-8)15-23-21(2)49(62)30(67-41(23)61)16-47(6)25-9-10-28-45(4,24(25)11-14-48(47,49)7)13-12-29(46(28,5)19-52)68-43-38(35(57)32(54)26(17-50)65-43)70-44-39(36(58)33(55)27(18-51)66-44)69-42-37(59)34(56)31(53)22(3)64-42/h15,21-23,26-39,41-44,50-59,61-62H,9-14,16-19H2,1-8H3/b20-15+/t21-,22+,23-,26-,27-,28-,29+,30+,31+,32-,33-,34-,35+,36+,37-,38-,39-,41-,42+,43+,44+,45-,46-,47+,48+,49-/m1/s1. The van der Waals surface area contributed by atoms with E-state index in [1.54, 1.807) is 13.0 Å². The molecule has 4 saturated heterocycles. The minimum Gasteiger partial charge on any atom is -0.466 e. The third kappa shape index (κ3) is 8.20. The number of carbonyl (C=O) groups excluding carboxylic acids is 1. The molecule has 4 heterocycles. The smallest absolute Gasteiger partial charge is 0.333 e. The van der Waals surface area contributed by atoms with Crippen molar-refractivity contribution in [3.8, 4) is 0 Å². The number of rotatable bonds is 11. The van der Waals surface area contributed by atoms with Crippen LogP contribution in [0.3, 0.4) is 0 Å². The first kappa shape index (κ1) is 54.5. The molecule has 8 aliphatic rings. The van der Waals surface area contributed by atoms with Crippen molar-refractivity contribution in [3.63, 3.8) is 0 Å². The van der Waals surface area contributed by atoms with Gasteiger partial charge in [0.15, 0.2) is 25.2 Å². The third-order valence-electron chi connectivity index (χ3n) is 19.2. The number of carbonyl (C=O) groups is 1. The summed E-state index contributed by atoms with van der Waals surface area (Å²) in [4.78, 5) is 12.4. The molecule has 0 aromatic carbocycles. The van der Waals surface area contributed by atoms with Crippen LogP contribution >= 0.6 is 0 Å². The molecule has 0 amide bonds. The van der Waals surface area contributed by atoms with Crippen molar-refractivity contribution in [2.45, 2.75) is 210 Å². The molecule has 0 aromatic rings. The molecule has 4 aliphatic heterocycles. The lowest BCUT2D eigenvalue weighted by Crippen LogP contribution is -2.67. The van der Waals surface area contributed by atoms with Gasteiger partial charge in [-0.15, -0.1) is 0 Å². The minimum absolute atomic E-state index is 0.179. The van der Waals surface area contributed by atoms with Crippen LogP contribution in [0.1, 0.15) is 93.4 Å². The van der Waals surface area contributed by atoms with Gasteiger partial charge < -0.3 is 99.2 Å². The summed E-state index contributed by atoms with van der Waals surface area (Å²) in [5.41, 5.74) is -1.25. The highest BCUT2D eigenvalue weighted by molar-refractivity contribution is 5.87. The highest BCUT2D eigenvalue weighted by atomic mass is 16.8. The molecule has 0 bridgehead atoms. The van der Waals surface area contributed by atoms with Crippen molar-refractivity contribution in [1.82, 2.24) is 0 Å². The van der Waals surface area contributed by atoms with Gasteiger partial charge in [-0.1, -0.05) is 51.8 Å². The quantitative estimate of drug-likeness (QED) is 0.0629. The maximum absolute atomic E-state index is 13.1. The van der Waals surface area contributed by atoms with E-state index in [1.165, 1.54) is 25.2 Å². The van der Waals surface area contributed by atoms with Crippen LogP contribution in [0.5, 0.6) is 0 Å². The van der Waals surface area contributed by atoms with Crippen molar-refractivity contribution in [2.75, 3.05) is 26.9 Å². The summed E-state index contributed by atoms with van der Waals surface area (Å²) < 4.78 is 47.8. The van der Waals surface area contributed by atoms with Gasteiger partial charge in [0.1, 0.15) is 72.7 Å². The maximum atomic E-state index is 13.1. The molecule has 0 spiro atoms. The van der Waals surface area contributed by atoms with Gasteiger partial charge in [-0.25, -0.2) is 4.79 Å². The molecule has 12 N–H and O–H groups in total. The van der Waals surface area contributed by atoms with E-state index < -0.39 is 169 Å². The van der Waals surface area contributed by atoms with E-state index >= 15 is 0 Å². The van der Waals surface area contributed by atoms with Crippen LogP contribution in [0, 0.1) is 39.4 Å². The van der Waals surface area contributed by atoms with Gasteiger partial charge in [-0.05, 0) is 81.5 Å². The summed E-state index contributed by atoms with van der Waals surface area (Å²) >= 11 is 0. The molecular formula is C49H78O21. The fraction of sp³-hybridized carbons (Fsp3) is 0.898. The van der Waals surface area contributed by atoms with Crippen molar-refractivity contribution in [1.29, 1.82) is 0 Å². The summed E-state index contributed by atoms with van der Waals surface area (Å²) in [5, 5.41) is 133. The number of methoxy groups -OCH3 is 1. The first-order chi connectivity index (χ1) is 32.8. The maximum Gasteiger partial charge on any atom is 0.333 e. The Labute approximate surface area is 407 Å². The lowest BCUT2D eigenvalue weighted by molar-refractivity contribution is -0.397. The van der Waals surface area contributed by atoms with Gasteiger partial charge in [0.05, 0.1) is 45.2 Å². The molecule has 26 atom stereocenters. The Morgan fingerprint density at radius 2 is 1.29 bits per heavy atom. The van der Waals surface area contributed by atoms with E-state index in [-0.39, 0.29) is 12.5 Å². The Hall–Kier alpha value is -1.81. The van der Waals surface area contributed by atoms with Crippen LogP contribution in [0.25, 0.3) is 0 Å². The molecule has 0 unspecified atom stereocenters. The summed E-state index contributed by atoms with van der Waals surface area (Å²) in [7, 11) is 1.29. The summed E-state index contributed by atoms with van der Waals surface area (Å²) in [5.74, 6) is -1.88. The van der Waals surface area contributed by atoms with Crippen LogP contribution < -0.4 is 0 Å². The first-order valence-corrected chi connectivity index (χ1v) is 24.9. The van der Waals surface area contributed by atoms with Crippen LogP contribution in [0.15, 0.2) is 22.8 Å². The second-order valence-electron chi connectivity index (χ2n) is 22.5. The Balaban J connectivity index is 1.07. The van der Waals surface area contributed by atoms with E-state index in [2.05, 4.69) is 20.8 Å². The number of allylic oxidation sites excluding steroid dienone is 2. The number of hydrogen-bond donors (Lipinski definition) is 12. The molecule has 4 aliphatic carbocycles. The van der Waals surface area contributed by atoms with Crippen molar-refractivity contribution >= 4 is 5.97 Å². The van der Waals surface area contributed by atoms with Gasteiger partial charge in [0, 0.05) is 22.3 Å². The van der Waals surface area contributed by atoms with Gasteiger partial charge in [-0.2, -0.15) is 0 Å². The summed E-state index contributed by atoms with van der Waals surface area (Å²) in [6.07, 6.45) is -21.9. The molecule has 6 fully saturated rings. The Kier molecular flexibility index (Phi) is 15.3. The molecular weight excluding hydrogens is 925 g/mol. The second-order valence-corrected chi connectivity index (χ2v) is 22.5. The van der Waals surface area contributed by atoms with Crippen LogP contribution in [-0.4, -0.2) is 210 Å². The second kappa shape index (κ2) is 19.7. The van der Waals surface area contributed by atoms with E-state index in [0.29, 0.717) is 50.5 Å². The monoisotopic (exact) mass is 1000 g/mol. The van der Waals surface area contributed by atoms with Gasteiger partial charge in [0.2, 0.25) is 0 Å². The molecule has 21 nitrogen and oxygen atoms in total. The van der Waals surface area contributed by atoms with Crippen molar-refractivity contribution in [2.24, 2.45) is 39.4 Å². The van der Waals surface area contributed by atoms with Crippen LogP contribution in [0.4, 0.5) is 0 Å². The molecule has 21 heteroatoms. The minimum atomic E-state index is -1.89. The van der Waals surface area contributed by atoms with Crippen molar-refractivity contribution in [3.05, 3.63) is 22.8 Å². The first-order valence-electron chi connectivity index (χ1n) is 24.9. The predicted molar refractivity (Wildman–Crippen MR) is 239 cm³/mol. The van der Waals surface area contributed by atoms with E-state index in [9.17, 15) is 66.1 Å². The SMILES string of the molecule is COC(=O)/C(C)=C/[C@H]1[C@H](O)O[C@H]2C[C@@]3(C)C4=C(CC[C@]3(C)[C@@]2(O)[C@@H]1C)[C@@]1(C)CC[C@H](O[C@@H]2O[C@H](CO)[C@@H](O)[C@H](O)[C@H]2O[C@@H]2O[C@H](CO)[C@@H](O)[C@H](O)[C@H]2O[C@@H]2O[C@@H](C)[C@H](O)[C@@H](O)[C@H]2O)[C@](C)(CO)[C@@H]1CC4. The molecule has 8 rings (SSSR count). The van der Waals surface area contributed by atoms with Crippen LogP contribution in [0.2, 0.25) is 0 Å². The summed E-state index contributed by atoms with van der Waals surface area (Å²) in [6.45, 7) is 11.5. The molecule has 400 valence electrons. The largest absolute Gasteiger partial charge is 0.466 e. The predicted octanol–water partition coefficient (Wildman–Crippen LogP) is -1.62. The highest BCUT2D eigenvalue weighted by Crippen LogP contribution is 2.75. The van der Waals surface area contributed by atoms with Crippen molar-refractivity contribution < 1.29 is 104 Å². The Morgan fingerprint density at radius 3 is 1.86 bits per heavy atom. The third-order valence-corrected chi connectivity index (χ3v) is 19.2. The normalized spacial score (nSPS) is 53.9. The fourth-order valence-corrected chi connectivity index (χ4v) is 14.7. The lowest BCUT2D eigenvalue weighted by Gasteiger charge is -2.64. The molecule has 70 heavy (non-hydrogen) atoms. The average molecular weight is 1000 g/mol. The number of ether oxygens (including phenoxy) is 8. The number of aliphatic hydroxyl groups excluding tert-OH is 11. The summed E-state index contributed by atoms with van der Waals surface area (Å²) in [6, 6.07) is 0. The molecule has 0 radical (unpaired) electrons. The van der Waals surface area contributed by atoms with Gasteiger partial charge in [-0.3, -0.25) is 0 Å². The number of hydrogen-bond acceptors (Lipinski definition) is 21. The Bertz CT molecular complexity index is 1970. The van der Waals surface area contributed by atoms with E-state index in [4.69, 9.17) is 37.9 Å². The van der Waals surface area contributed by atoms with Gasteiger partial charge >= 0.3 is 5.97 Å². The van der Waals surface area contributed by atoms with E-state index in [0.717, 1.165) is 0 Å². The van der Waals surface area contributed by atoms with Gasteiger partial charge in [0.25, 0.3) is 0 Å². The highest BCUT2D eigenvalue weighted by Gasteiger charge is 2.75. The number of esters is 1. The average Bonchev–Trinajstić information content (AvgIpc) is 3.52. The fourth-order valence-electron chi connectivity index (χ4n) is 14.7. The Morgan fingerprint density at radius 1 is 0.700 bits per heavy atom. The zero-order valence-electron chi connectivity index (χ0n) is 41.3. The number of fused-ring (bicyclic) bond motifs is 6. The molecule has 2 saturated carbocycles. The zero-order chi connectivity index (χ0) is 51.4. The number of aliphatic hydroxyl groups is 12.